The third-order valence-corrected chi connectivity index (χ3v) is 10.1. The van der Waals surface area contributed by atoms with Crippen LogP contribution in [0.25, 0.3) is 0 Å². The molecule has 4 aromatic carbocycles. The highest BCUT2D eigenvalue weighted by Gasteiger charge is 2.35. The summed E-state index contributed by atoms with van der Waals surface area (Å²) in [5.41, 5.74) is 1.60. The molecule has 0 aliphatic heterocycles. The summed E-state index contributed by atoms with van der Waals surface area (Å²) in [5, 5.41) is 4.20. The molecular formula is C34H33Cl4N3O4S. The minimum atomic E-state index is -4.30. The van der Waals surface area contributed by atoms with Gasteiger partial charge in [0.25, 0.3) is 10.0 Å². The third kappa shape index (κ3) is 9.39. The maximum absolute atomic E-state index is 14.5. The van der Waals surface area contributed by atoms with Crippen molar-refractivity contribution >= 4 is 73.9 Å². The van der Waals surface area contributed by atoms with Crippen molar-refractivity contribution < 1.29 is 18.0 Å². The topological polar surface area (TPSA) is 86.8 Å². The van der Waals surface area contributed by atoms with E-state index >= 15 is 0 Å². The van der Waals surface area contributed by atoms with Gasteiger partial charge in [0.1, 0.15) is 12.6 Å². The number of amides is 2. The summed E-state index contributed by atoms with van der Waals surface area (Å²) in [7, 11) is -4.30. The van der Waals surface area contributed by atoms with E-state index in [2.05, 4.69) is 5.32 Å². The number of hydrogen-bond acceptors (Lipinski definition) is 4. The van der Waals surface area contributed by atoms with Gasteiger partial charge in [-0.3, -0.25) is 13.9 Å². The van der Waals surface area contributed by atoms with Crippen molar-refractivity contribution in [1.29, 1.82) is 0 Å². The molecule has 0 radical (unpaired) electrons. The van der Waals surface area contributed by atoms with Gasteiger partial charge in [-0.25, -0.2) is 8.42 Å². The number of rotatable bonds is 13. The van der Waals surface area contributed by atoms with Gasteiger partial charge in [-0.15, -0.1) is 0 Å². The second-order valence-electron chi connectivity index (χ2n) is 11.1. The van der Waals surface area contributed by atoms with Crippen LogP contribution in [-0.2, 0) is 32.6 Å². The fraction of sp³-hybridized carbons (Fsp3) is 0.235. The Hall–Kier alpha value is -3.27. The van der Waals surface area contributed by atoms with Gasteiger partial charge in [-0.05, 0) is 71.6 Å². The monoisotopic (exact) mass is 719 g/mol. The molecule has 0 bridgehead atoms. The van der Waals surface area contributed by atoms with E-state index in [1.807, 2.05) is 44.2 Å². The summed E-state index contributed by atoms with van der Waals surface area (Å²) in [6.07, 6.45) is 0.179. The van der Waals surface area contributed by atoms with Crippen molar-refractivity contribution in [2.45, 2.75) is 37.8 Å². The summed E-state index contributed by atoms with van der Waals surface area (Å²) in [4.78, 5) is 29.7. The molecule has 0 saturated heterocycles. The second kappa shape index (κ2) is 16.0. The second-order valence-corrected chi connectivity index (χ2v) is 14.6. The van der Waals surface area contributed by atoms with Crippen LogP contribution >= 0.6 is 46.4 Å². The molecule has 0 aliphatic carbocycles. The molecule has 4 aromatic rings. The lowest BCUT2D eigenvalue weighted by molar-refractivity contribution is -0.140. The molecular weight excluding hydrogens is 688 g/mol. The lowest BCUT2D eigenvalue weighted by atomic mass is 10.0. The van der Waals surface area contributed by atoms with Crippen molar-refractivity contribution in [3.05, 3.63) is 128 Å². The predicted molar refractivity (Wildman–Crippen MR) is 186 cm³/mol. The smallest absolute Gasteiger partial charge is 0.264 e. The van der Waals surface area contributed by atoms with Gasteiger partial charge in [0.15, 0.2) is 0 Å². The van der Waals surface area contributed by atoms with E-state index < -0.39 is 28.5 Å². The first-order valence-corrected chi connectivity index (χ1v) is 17.4. The van der Waals surface area contributed by atoms with E-state index in [0.29, 0.717) is 22.2 Å². The van der Waals surface area contributed by atoms with Gasteiger partial charge >= 0.3 is 0 Å². The molecule has 0 spiro atoms. The summed E-state index contributed by atoms with van der Waals surface area (Å²) in [6, 6.07) is 25.1. The van der Waals surface area contributed by atoms with Gasteiger partial charge in [-0.2, -0.15) is 0 Å². The minimum Gasteiger partial charge on any atom is -0.354 e. The van der Waals surface area contributed by atoms with Gasteiger partial charge in [0.05, 0.1) is 20.6 Å². The summed E-state index contributed by atoms with van der Waals surface area (Å²) in [5.74, 6) is -0.839. The molecule has 4 rings (SSSR count). The Morgan fingerprint density at radius 2 is 1.46 bits per heavy atom. The third-order valence-electron chi connectivity index (χ3n) is 7.07. The fourth-order valence-electron chi connectivity index (χ4n) is 4.70. The van der Waals surface area contributed by atoms with Crippen molar-refractivity contribution in [2.75, 3.05) is 17.4 Å². The Kier molecular flexibility index (Phi) is 12.4. The van der Waals surface area contributed by atoms with E-state index in [4.69, 9.17) is 46.4 Å². The van der Waals surface area contributed by atoms with Crippen LogP contribution in [0.3, 0.4) is 0 Å². The molecule has 0 heterocycles. The van der Waals surface area contributed by atoms with Crippen LogP contribution in [0.1, 0.15) is 25.0 Å². The van der Waals surface area contributed by atoms with Crippen LogP contribution in [0.5, 0.6) is 0 Å². The van der Waals surface area contributed by atoms with E-state index in [1.165, 1.54) is 35.2 Å². The Labute approximate surface area is 290 Å². The Morgan fingerprint density at radius 1 is 0.761 bits per heavy atom. The quantitative estimate of drug-likeness (QED) is 0.152. The number of nitrogens with zero attached hydrogens (tertiary/aromatic N) is 2. The number of hydrogen-bond donors (Lipinski definition) is 1. The van der Waals surface area contributed by atoms with Gasteiger partial charge < -0.3 is 10.2 Å². The molecule has 1 unspecified atom stereocenters. The molecule has 46 heavy (non-hydrogen) atoms. The standard InChI is InChI=1S/C34H33Cl4N3O4S/c1-23(2)20-39-34(43)32(18-24-7-4-3-5-8-24)40(21-25-11-16-30(37)31(38)17-25)33(42)22-41(28-10-6-9-27(36)19-28)46(44,45)29-14-12-26(35)13-15-29/h3-17,19,23,32H,18,20-22H2,1-2H3,(H,39,43). The number of nitrogens with one attached hydrogen (secondary N) is 1. The highest BCUT2D eigenvalue weighted by molar-refractivity contribution is 7.92. The van der Waals surface area contributed by atoms with Crippen molar-refractivity contribution in [1.82, 2.24) is 10.2 Å². The van der Waals surface area contributed by atoms with Gasteiger partial charge in [-0.1, -0.05) is 103 Å². The molecule has 1 N–H and O–H groups in total. The van der Waals surface area contributed by atoms with Gasteiger partial charge in [0, 0.05) is 29.6 Å². The molecule has 0 fully saturated rings. The lowest BCUT2D eigenvalue weighted by Gasteiger charge is -2.34. The number of carbonyl (C=O) groups excluding carboxylic acids is 2. The molecule has 0 saturated carbocycles. The van der Waals surface area contributed by atoms with Crippen LogP contribution in [0.15, 0.2) is 102 Å². The molecule has 7 nitrogen and oxygen atoms in total. The fourth-order valence-corrected chi connectivity index (χ4v) is 6.74. The van der Waals surface area contributed by atoms with Crippen molar-refractivity contribution in [2.24, 2.45) is 5.92 Å². The molecule has 2 amide bonds. The Balaban J connectivity index is 1.81. The zero-order valence-electron chi connectivity index (χ0n) is 25.2. The normalized spacial score (nSPS) is 12.1. The predicted octanol–water partition coefficient (Wildman–Crippen LogP) is 7.91. The molecule has 1 atom stereocenters. The number of sulfonamides is 1. The van der Waals surface area contributed by atoms with Crippen molar-refractivity contribution in [3.8, 4) is 0 Å². The zero-order valence-corrected chi connectivity index (χ0v) is 29.0. The van der Waals surface area contributed by atoms with Crippen LogP contribution in [0.2, 0.25) is 20.1 Å². The molecule has 0 aromatic heterocycles. The SMILES string of the molecule is CC(C)CNC(=O)C(Cc1ccccc1)N(Cc1ccc(Cl)c(Cl)c1)C(=O)CN(c1cccc(Cl)c1)S(=O)(=O)c1ccc(Cl)cc1. The molecule has 12 heteroatoms. The van der Waals surface area contributed by atoms with Gasteiger partial charge in [0.2, 0.25) is 11.8 Å². The first-order valence-electron chi connectivity index (χ1n) is 14.4. The average Bonchev–Trinajstić information content (AvgIpc) is 3.02. The number of carbonyl (C=O) groups is 2. The first-order chi connectivity index (χ1) is 21.8. The van der Waals surface area contributed by atoms with Crippen LogP contribution in [0, 0.1) is 5.92 Å². The molecule has 242 valence electrons. The maximum atomic E-state index is 14.5. The number of anilines is 1. The van der Waals surface area contributed by atoms with E-state index in [1.54, 1.807) is 36.4 Å². The highest BCUT2D eigenvalue weighted by atomic mass is 35.5. The minimum absolute atomic E-state index is 0.0489. The Bertz CT molecular complexity index is 1770. The largest absolute Gasteiger partial charge is 0.354 e. The summed E-state index contributed by atoms with van der Waals surface area (Å²) < 4.78 is 29.2. The number of halogens is 4. The van der Waals surface area contributed by atoms with E-state index in [9.17, 15) is 18.0 Å². The summed E-state index contributed by atoms with van der Waals surface area (Å²) >= 11 is 24.8. The van der Waals surface area contributed by atoms with Crippen LogP contribution in [0.4, 0.5) is 5.69 Å². The summed E-state index contributed by atoms with van der Waals surface area (Å²) in [6.45, 7) is 3.64. The maximum Gasteiger partial charge on any atom is 0.264 e. The van der Waals surface area contributed by atoms with Crippen LogP contribution < -0.4 is 9.62 Å². The number of benzene rings is 4. The zero-order chi connectivity index (χ0) is 33.4. The van der Waals surface area contributed by atoms with Crippen LogP contribution in [-0.4, -0.2) is 44.3 Å². The Morgan fingerprint density at radius 3 is 2.09 bits per heavy atom. The average molecular weight is 722 g/mol. The highest BCUT2D eigenvalue weighted by Crippen LogP contribution is 2.29. The lowest BCUT2D eigenvalue weighted by Crippen LogP contribution is -2.53. The van der Waals surface area contributed by atoms with Crippen molar-refractivity contribution in [3.63, 3.8) is 0 Å². The van der Waals surface area contributed by atoms with E-state index in [-0.39, 0.29) is 45.4 Å². The van der Waals surface area contributed by atoms with E-state index in [0.717, 1.165) is 9.87 Å². The molecule has 0 aliphatic rings. The first kappa shape index (κ1) is 35.6.